The summed E-state index contributed by atoms with van der Waals surface area (Å²) in [4.78, 5) is 8.18. The van der Waals surface area contributed by atoms with E-state index in [1.54, 1.807) is 0 Å². The lowest BCUT2D eigenvalue weighted by molar-refractivity contribution is 0.357. The first-order valence-corrected chi connectivity index (χ1v) is 6.91. The highest BCUT2D eigenvalue weighted by Crippen LogP contribution is 2.46. The van der Waals surface area contributed by atoms with Crippen molar-refractivity contribution >= 4 is 0 Å². The molecule has 5 heteroatoms. The minimum Gasteiger partial charge on any atom is -0.337 e. The van der Waals surface area contributed by atoms with E-state index in [-0.39, 0.29) is 0 Å². The molecule has 3 rings (SSSR count). The molecule has 1 fully saturated rings. The maximum atomic E-state index is 4.11. The van der Waals surface area contributed by atoms with Crippen LogP contribution < -0.4 is 5.32 Å². The number of imidazole rings is 2. The second kappa shape index (κ2) is 5.17. The van der Waals surface area contributed by atoms with Crippen LogP contribution in [0, 0.1) is 5.41 Å². The molecule has 2 aromatic heterocycles. The van der Waals surface area contributed by atoms with Crippen molar-refractivity contribution in [3.63, 3.8) is 0 Å². The first-order valence-electron chi connectivity index (χ1n) is 6.91. The van der Waals surface area contributed by atoms with Crippen LogP contribution >= 0.6 is 0 Å². The summed E-state index contributed by atoms with van der Waals surface area (Å²) in [5, 5.41) is 3.65. The summed E-state index contributed by atoms with van der Waals surface area (Å²) in [6.45, 7) is 5.37. The zero-order chi connectivity index (χ0) is 13.1. The van der Waals surface area contributed by atoms with Gasteiger partial charge >= 0.3 is 0 Å². The van der Waals surface area contributed by atoms with Gasteiger partial charge in [0.1, 0.15) is 0 Å². The maximum absolute atomic E-state index is 4.11. The zero-order valence-corrected chi connectivity index (χ0v) is 11.4. The minimum atomic E-state index is 0.448. The highest BCUT2D eigenvalue weighted by molar-refractivity contribution is 4.96. The lowest BCUT2D eigenvalue weighted by atomic mass is 10.1. The Hall–Kier alpha value is -1.62. The van der Waals surface area contributed by atoms with Gasteiger partial charge in [0.2, 0.25) is 0 Å². The van der Waals surface area contributed by atoms with E-state index in [0.29, 0.717) is 11.5 Å². The van der Waals surface area contributed by atoms with E-state index in [1.165, 1.54) is 12.8 Å². The van der Waals surface area contributed by atoms with E-state index in [9.17, 15) is 0 Å². The van der Waals surface area contributed by atoms with Crippen molar-refractivity contribution in [3.8, 4) is 0 Å². The van der Waals surface area contributed by atoms with Gasteiger partial charge in [0.05, 0.1) is 12.7 Å². The molecule has 0 saturated heterocycles. The minimum absolute atomic E-state index is 0.448. The molecule has 0 aromatic carbocycles. The number of nitrogens with zero attached hydrogens (tertiary/aromatic N) is 4. The van der Waals surface area contributed by atoms with Crippen LogP contribution in [0.25, 0.3) is 0 Å². The molecule has 102 valence electrons. The molecule has 2 heterocycles. The Bertz CT molecular complexity index is 484. The SMILES string of the molecule is CC(Cn1ccnc1)NCC1(Cn2ccnc2)CC1. The Kier molecular flexibility index (Phi) is 3.38. The zero-order valence-electron chi connectivity index (χ0n) is 11.4. The Balaban J connectivity index is 1.46. The van der Waals surface area contributed by atoms with Gasteiger partial charge in [0, 0.05) is 55.9 Å². The molecule has 0 bridgehead atoms. The number of nitrogens with one attached hydrogen (secondary N) is 1. The molecule has 2 aromatic rings. The van der Waals surface area contributed by atoms with Crippen LogP contribution in [0.15, 0.2) is 37.4 Å². The third kappa shape index (κ3) is 3.23. The van der Waals surface area contributed by atoms with Gasteiger partial charge in [0.25, 0.3) is 0 Å². The van der Waals surface area contributed by atoms with Crippen molar-refractivity contribution in [2.75, 3.05) is 6.54 Å². The topological polar surface area (TPSA) is 47.7 Å². The Morgan fingerprint density at radius 1 is 1.16 bits per heavy atom. The van der Waals surface area contributed by atoms with E-state index in [0.717, 1.165) is 19.6 Å². The molecule has 19 heavy (non-hydrogen) atoms. The van der Waals surface area contributed by atoms with Crippen molar-refractivity contribution in [3.05, 3.63) is 37.4 Å². The summed E-state index contributed by atoms with van der Waals surface area (Å²) >= 11 is 0. The second-order valence-corrected chi connectivity index (χ2v) is 5.78. The molecule has 5 nitrogen and oxygen atoms in total. The molecule has 1 aliphatic rings. The van der Waals surface area contributed by atoms with Crippen molar-refractivity contribution in [1.29, 1.82) is 0 Å². The van der Waals surface area contributed by atoms with Gasteiger partial charge in [-0.1, -0.05) is 0 Å². The van der Waals surface area contributed by atoms with Gasteiger partial charge in [-0.05, 0) is 19.8 Å². The smallest absolute Gasteiger partial charge is 0.0946 e. The van der Waals surface area contributed by atoms with Gasteiger partial charge in [-0.15, -0.1) is 0 Å². The largest absolute Gasteiger partial charge is 0.337 e. The van der Waals surface area contributed by atoms with Crippen molar-refractivity contribution in [2.24, 2.45) is 5.41 Å². The predicted molar refractivity (Wildman–Crippen MR) is 73.6 cm³/mol. The summed E-state index contributed by atoms with van der Waals surface area (Å²) in [5.74, 6) is 0. The van der Waals surface area contributed by atoms with Crippen LogP contribution in [-0.4, -0.2) is 31.7 Å². The van der Waals surface area contributed by atoms with Crippen LogP contribution in [-0.2, 0) is 13.1 Å². The van der Waals surface area contributed by atoms with Gasteiger partial charge in [-0.3, -0.25) is 0 Å². The monoisotopic (exact) mass is 259 g/mol. The lowest BCUT2D eigenvalue weighted by Gasteiger charge is -2.20. The fraction of sp³-hybridized carbons (Fsp3) is 0.571. The van der Waals surface area contributed by atoms with Crippen molar-refractivity contribution in [2.45, 2.75) is 38.9 Å². The van der Waals surface area contributed by atoms with Crippen molar-refractivity contribution < 1.29 is 0 Å². The third-order valence-electron chi connectivity index (χ3n) is 3.90. The van der Waals surface area contributed by atoms with E-state index < -0.39 is 0 Å². The number of hydrogen-bond acceptors (Lipinski definition) is 3. The molecular formula is C14H21N5. The highest BCUT2D eigenvalue weighted by Gasteiger charge is 2.42. The van der Waals surface area contributed by atoms with Crippen LogP contribution in [0.5, 0.6) is 0 Å². The number of hydrogen-bond donors (Lipinski definition) is 1. The quantitative estimate of drug-likeness (QED) is 0.820. The summed E-state index contributed by atoms with van der Waals surface area (Å²) in [7, 11) is 0. The molecule has 1 unspecified atom stereocenters. The third-order valence-corrected chi connectivity index (χ3v) is 3.90. The Labute approximate surface area is 113 Å². The van der Waals surface area contributed by atoms with E-state index >= 15 is 0 Å². The average molecular weight is 259 g/mol. The first-order chi connectivity index (χ1) is 9.26. The van der Waals surface area contributed by atoms with Crippen LogP contribution in [0.2, 0.25) is 0 Å². The summed E-state index contributed by atoms with van der Waals surface area (Å²) in [6, 6.07) is 0.467. The van der Waals surface area contributed by atoms with E-state index in [2.05, 4.69) is 37.5 Å². The first kappa shape index (κ1) is 12.4. The van der Waals surface area contributed by atoms with Gasteiger partial charge in [-0.2, -0.15) is 0 Å². The standard InChI is InChI=1S/C14H21N5/c1-13(8-18-6-4-15-11-18)17-9-14(2-3-14)10-19-7-5-16-12-19/h4-7,11-13,17H,2-3,8-10H2,1H3. The average Bonchev–Trinajstić information content (AvgIpc) is 2.84. The predicted octanol–water partition coefficient (Wildman–Crippen LogP) is 1.54. The Morgan fingerprint density at radius 2 is 1.84 bits per heavy atom. The van der Waals surface area contributed by atoms with Crippen LogP contribution in [0.1, 0.15) is 19.8 Å². The number of rotatable bonds is 7. The molecule has 0 spiro atoms. The molecular weight excluding hydrogens is 238 g/mol. The van der Waals surface area contributed by atoms with Gasteiger partial charge < -0.3 is 14.5 Å². The molecule has 0 aliphatic heterocycles. The maximum Gasteiger partial charge on any atom is 0.0946 e. The molecule has 0 radical (unpaired) electrons. The normalized spacial score (nSPS) is 18.4. The lowest BCUT2D eigenvalue weighted by Crippen LogP contribution is -2.36. The summed E-state index contributed by atoms with van der Waals surface area (Å²) in [5.41, 5.74) is 0.448. The molecule has 1 aliphatic carbocycles. The van der Waals surface area contributed by atoms with E-state index in [1.807, 2.05) is 31.2 Å². The molecule has 1 atom stereocenters. The van der Waals surface area contributed by atoms with Gasteiger partial charge in [-0.25, -0.2) is 9.97 Å². The van der Waals surface area contributed by atoms with Crippen molar-refractivity contribution in [1.82, 2.24) is 24.4 Å². The molecule has 0 amide bonds. The Morgan fingerprint density at radius 3 is 2.42 bits per heavy atom. The summed E-state index contributed by atoms with van der Waals surface area (Å²) < 4.78 is 4.31. The second-order valence-electron chi connectivity index (χ2n) is 5.78. The molecule has 1 saturated carbocycles. The van der Waals surface area contributed by atoms with Gasteiger partial charge in [0.15, 0.2) is 0 Å². The highest BCUT2D eigenvalue weighted by atomic mass is 15.1. The number of aromatic nitrogens is 4. The van der Waals surface area contributed by atoms with Crippen LogP contribution in [0.4, 0.5) is 0 Å². The fourth-order valence-corrected chi connectivity index (χ4v) is 2.50. The fourth-order valence-electron chi connectivity index (χ4n) is 2.50. The summed E-state index contributed by atoms with van der Waals surface area (Å²) in [6.07, 6.45) is 14.2. The van der Waals surface area contributed by atoms with Crippen LogP contribution in [0.3, 0.4) is 0 Å². The van der Waals surface area contributed by atoms with E-state index in [4.69, 9.17) is 0 Å². The molecule has 1 N–H and O–H groups in total.